The van der Waals surface area contributed by atoms with Crippen LogP contribution in [0.25, 0.3) is 16.5 Å². The molecule has 0 unspecified atom stereocenters. The Balaban J connectivity index is 2.64. The lowest BCUT2D eigenvalue weighted by Crippen LogP contribution is -1.76. The molecule has 0 bridgehead atoms. The Morgan fingerprint density at radius 3 is 3.13 bits per heavy atom. The molecule has 0 N–H and O–H groups in total. The van der Waals surface area contributed by atoms with Crippen LogP contribution in [0.5, 0.6) is 0 Å². The number of hydrogen-bond acceptors (Lipinski definition) is 2. The zero-order valence-corrected chi connectivity index (χ0v) is 9.44. The first-order chi connectivity index (χ1) is 7.36. The molecule has 0 saturated carbocycles. The largest absolute Gasteiger partial charge is 0.126 e. The van der Waals surface area contributed by atoms with Gasteiger partial charge in [0.1, 0.15) is 0 Å². The van der Waals surface area contributed by atoms with Crippen molar-refractivity contribution >= 4 is 17.8 Å². The van der Waals surface area contributed by atoms with E-state index in [1.54, 1.807) is 0 Å². The number of thioether (sulfide) groups is 1. The highest BCUT2D eigenvalue weighted by molar-refractivity contribution is 7.99. The molecule has 0 aliphatic rings. The molecule has 0 aliphatic heterocycles. The molecule has 1 rings (SSSR count). The first kappa shape index (κ1) is 11.7. The zero-order valence-electron chi connectivity index (χ0n) is 8.63. The molecule has 78 valence electrons. The van der Waals surface area contributed by atoms with Crippen LogP contribution in [0.3, 0.4) is 0 Å². The smallest absolute Gasteiger partial charge is 0.0443 e. The second kappa shape index (κ2) is 6.98. The van der Waals surface area contributed by atoms with Gasteiger partial charge in [-0.25, -0.2) is 0 Å². The fourth-order valence-corrected chi connectivity index (χ4v) is 1.87. The van der Waals surface area contributed by atoms with Gasteiger partial charge >= 0.3 is 0 Å². The van der Waals surface area contributed by atoms with Crippen molar-refractivity contribution in [3.63, 3.8) is 0 Å². The maximum absolute atomic E-state index is 8.10. The van der Waals surface area contributed by atoms with Gasteiger partial charge in [0.15, 0.2) is 0 Å². The van der Waals surface area contributed by atoms with Gasteiger partial charge in [0.05, 0.1) is 0 Å². The normalized spacial score (nSPS) is 10.2. The van der Waals surface area contributed by atoms with E-state index in [4.69, 9.17) is 5.53 Å². The molecule has 0 aromatic heterocycles. The summed E-state index contributed by atoms with van der Waals surface area (Å²) in [5.74, 6) is 1.08. The van der Waals surface area contributed by atoms with Crippen LogP contribution in [-0.4, -0.2) is 12.3 Å². The third-order valence-electron chi connectivity index (χ3n) is 1.73. The molecule has 4 heteroatoms. The lowest BCUT2D eigenvalue weighted by molar-refractivity contribution is 1.22. The number of hydrogen-bond donors (Lipinski definition) is 0. The van der Waals surface area contributed by atoms with Gasteiger partial charge in [-0.05, 0) is 29.0 Å². The second-order valence-electron chi connectivity index (χ2n) is 2.82. The molecule has 15 heavy (non-hydrogen) atoms. The zero-order chi connectivity index (χ0) is 10.9. The Morgan fingerprint density at radius 1 is 1.53 bits per heavy atom. The molecule has 0 atom stereocenters. The highest BCUT2D eigenvalue weighted by Gasteiger charge is 1.91. The van der Waals surface area contributed by atoms with Crippen molar-refractivity contribution in [2.45, 2.75) is 11.8 Å². The Morgan fingerprint density at radius 2 is 2.40 bits per heavy atom. The number of rotatable bonds is 5. The molecule has 1 aromatic carbocycles. The van der Waals surface area contributed by atoms with Crippen molar-refractivity contribution in [3.05, 3.63) is 46.3 Å². The minimum Gasteiger partial charge on any atom is -0.126 e. The fraction of sp³-hybridized carbons (Fsp3) is 0.273. The highest BCUT2D eigenvalue weighted by Crippen LogP contribution is 2.19. The van der Waals surface area contributed by atoms with Gasteiger partial charge in [-0.15, -0.1) is 11.8 Å². The van der Waals surface area contributed by atoms with Crippen LogP contribution < -0.4 is 0 Å². The Kier molecular flexibility index (Phi) is 5.44. The quantitative estimate of drug-likeness (QED) is 0.318. The summed E-state index contributed by atoms with van der Waals surface area (Å²) in [6, 6.07) is 8.29. The number of benzene rings is 1. The first-order valence-corrected chi connectivity index (χ1v) is 5.75. The summed E-state index contributed by atoms with van der Waals surface area (Å²) in [6.07, 6.45) is 3.82. The predicted octanol–water partition coefficient (Wildman–Crippen LogP) is 4.12. The lowest BCUT2D eigenvalue weighted by atomic mass is 10.2. The van der Waals surface area contributed by atoms with E-state index in [2.05, 4.69) is 29.1 Å². The summed E-state index contributed by atoms with van der Waals surface area (Å²) in [5, 5.41) is 3.43. The summed E-state index contributed by atoms with van der Waals surface area (Å²) in [7, 11) is 0. The molecule has 0 fully saturated rings. The van der Waals surface area contributed by atoms with Crippen molar-refractivity contribution in [2.75, 3.05) is 12.3 Å². The minimum absolute atomic E-state index is 0.404. The van der Waals surface area contributed by atoms with Crippen LogP contribution in [0.15, 0.2) is 40.4 Å². The van der Waals surface area contributed by atoms with E-state index in [0.29, 0.717) is 6.54 Å². The average molecular weight is 219 g/mol. The maximum atomic E-state index is 8.10. The minimum atomic E-state index is 0.404. The van der Waals surface area contributed by atoms with E-state index in [-0.39, 0.29) is 0 Å². The van der Waals surface area contributed by atoms with Crippen LogP contribution in [0.1, 0.15) is 12.5 Å². The molecular formula is C11H13N3S. The topological polar surface area (TPSA) is 48.8 Å². The average Bonchev–Trinajstić information content (AvgIpc) is 2.26. The molecule has 0 radical (unpaired) electrons. The fourth-order valence-electron chi connectivity index (χ4n) is 1.15. The van der Waals surface area contributed by atoms with Crippen molar-refractivity contribution in [3.8, 4) is 0 Å². The van der Waals surface area contributed by atoms with Gasteiger partial charge < -0.3 is 0 Å². The van der Waals surface area contributed by atoms with E-state index >= 15 is 0 Å². The van der Waals surface area contributed by atoms with Crippen molar-refractivity contribution < 1.29 is 0 Å². The summed E-state index contributed by atoms with van der Waals surface area (Å²) in [5.41, 5.74) is 9.24. The summed E-state index contributed by atoms with van der Waals surface area (Å²) >= 11 is 1.82. The summed E-state index contributed by atoms with van der Waals surface area (Å²) in [4.78, 5) is 3.95. The SMILES string of the molecule is CCSc1cccc(C=CCN=[N+]=[N-])c1. The Bertz CT molecular complexity index is 381. The highest BCUT2D eigenvalue weighted by atomic mass is 32.2. The van der Waals surface area contributed by atoms with E-state index in [1.165, 1.54) is 4.90 Å². The molecule has 0 aliphatic carbocycles. The standard InChI is InChI=1S/C11H13N3S/c1-2-15-11-7-3-5-10(9-11)6-4-8-13-14-12/h3-7,9H,2,8H2,1H3. The van der Waals surface area contributed by atoms with Gasteiger partial charge in [0, 0.05) is 16.4 Å². The van der Waals surface area contributed by atoms with E-state index < -0.39 is 0 Å². The Labute approximate surface area is 93.8 Å². The number of nitrogens with zero attached hydrogens (tertiary/aromatic N) is 3. The summed E-state index contributed by atoms with van der Waals surface area (Å²) in [6.45, 7) is 2.54. The van der Waals surface area contributed by atoms with Gasteiger partial charge in [-0.1, -0.05) is 36.3 Å². The van der Waals surface area contributed by atoms with Crippen LogP contribution in [-0.2, 0) is 0 Å². The van der Waals surface area contributed by atoms with Gasteiger partial charge in [-0.3, -0.25) is 0 Å². The van der Waals surface area contributed by atoms with Crippen molar-refractivity contribution in [1.29, 1.82) is 0 Å². The Hall–Kier alpha value is -1.38. The van der Waals surface area contributed by atoms with Gasteiger partial charge in [0.2, 0.25) is 0 Å². The number of azide groups is 1. The lowest BCUT2D eigenvalue weighted by Gasteiger charge is -1.99. The third kappa shape index (κ3) is 4.58. The molecular weight excluding hydrogens is 206 g/mol. The van der Waals surface area contributed by atoms with Gasteiger partial charge in [0.25, 0.3) is 0 Å². The van der Waals surface area contributed by atoms with E-state index in [9.17, 15) is 0 Å². The first-order valence-electron chi connectivity index (χ1n) is 4.77. The molecule has 0 heterocycles. The van der Waals surface area contributed by atoms with Gasteiger partial charge in [-0.2, -0.15) is 0 Å². The molecule has 0 amide bonds. The van der Waals surface area contributed by atoms with E-state index in [0.717, 1.165) is 11.3 Å². The maximum Gasteiger partial charge on any atom is 0.0443 e. The molecule has 3 nitrogen and oxygen atoms in total. The van der Waals surface area contributed by atoms with Crippen molar-refractivity contribution in [2.24, 2.45) is 5.11 Å². The monoisotopic (exact) mass is 219 g/mol. The predicted molar refractivity (Wildman–Crippen MR) is 65.9 cm³/mol. The summed E-state index contributed by atoms with van der Waals surface area (Å²) < 4.78 is 0. The van der Waals surface area contributed by atoms with Crippen LogP contribution in [0.2, 0.25) is 0 Å². The second-order valence-corrected chi connectivity index (χ2v) is 4.16. The van der Waals surface area contributed by atoms with Crippen LogP contribution in [0, 0.1) is 0 Å². The molecule has 0 saturated heterocycles. The third-order valence-corrected chi connectivity index (χ3v) is 2.61. The molecule has 1 aromatic rings. The van der Waals surface area contributed by atoms with E-state index in [1.807, 2.05) is 36.0 Å². The van der Waals surface area contributed by atoms with Crippen molar-refractivity contribution in [1.82, 2.24) is 0 Å². The molecule has 0 spiro atoms. The van der Waals surface area contributed by atoms with Crippen LogP contribution >= 0.6 is 11.8 Å². The van der Waals surface area contributed by atoms with Crippen LogP contribution in [0.4, 0.5) is 0 Å².